The first-order valence-electron chi connectivity index (χ1n) is 6.04. The Balaban J connectivity index is 2.63. The van der Waals surface area contributed by atoms with Gasteiger partial charge in [-0.2, -0.15) is 0 Å². The number of carbonyl (C=O) groups excluding carboxylic acids is 1. The van der Waals surface area contributed by atoms with E-state index in [0.717, 1.165) is 6.42 Å². The molecular weight excluding hydrogens is 244 g/mol. The Morgan fingerprint density at radius 3 is 2.33 bits per heavy atom. The lowest BCUT2D eigenvalue weighted by Crippen LogP contribution is -2.41. The fourth-order valence-corrected chi connectivity index (χ4v) is 1.45. The predicted octanol–water partition coefficient (Wildman–Crippen LogP) is 2.29. The normalized spacial score (nSPS) is 11.1. The predicted molar refractivity (Wildman–Crippen MR) is 78.7 cm³/mol. The van der Waals surface area contributed by atoms with E-state index in [1.807, 2.05) is 38.1 Å². The summed E-state index contributed by atoms with van der Waals surface area (Å²) in [5, 5.41) is 2.85. The topological polar surface area (TPSA) is 55.1 Å². The van der Waals surface area contributed by atoms with Crippen LogP contribution < -0.4 is 11.1 Å². The molecule has 1 aromatic rings. The second-order valence-corrected chi connectivity index (χ2v) is 5.42. The largest absolute Gasteiger partial charge is 0.393 e. The second-order valence-electron chi connectivity index (χ2n) is 4.98. The molecule has 0 radical (unpaired) electrons. The Bertz CT molecular complexity index is 438. The van der Waals surface area contributed by atoms with Crippen LogP contribution in [0, 0.1) is 5.41 Å². The molecule has 0 aliphatic heterocycles. The van der Waals surface area contributed by atoms with E-state index >= 15 is 0 Å². The third-order valence-corrected chi connectivity index (χ3v) is 3.53. The molecule has 4 heteroatoms. The van der Waals surface area contributed by atoms with E-state index in [4.69, 9.17) is 18.0 Å². The van der Waals surface area contributed by atoms with Crippen molar-refractivity contribution < 1.29 is 4.79 Å². The van der Waals surface area contributed by atoms with Crippen molar-refractivity contribution in [3.05, 3.63) is 35.4 Å². The van der Waals surface area contributed by atoms with Crippen molar-refractivity contribution in [1.29, 1.82) is 0 Å². The minimum absolute atomic E-state index is 0.0954. The molecule has 0 saturated carbocycles. The zero-order chi connectivity index (χ0) is 13.8. The van der Waals surface area contributed by atoms with Gasteiger partial charge < -0.3 is 11.1 Å². The van der Waals surface area contributed by atoms with Crippen LogP contribution in [0.2, 0.25) is 0 Å². The smallest absolute Gasteiger partial charge is 0.251 e. The molecule has 0 fully saturated rings. The quantitative estimate of drug-likeness (QED) is 0.802. The standard InChI is InChI=1S/C14H20N2OS/c1-4-10-5-7-11(8-6-10)12(17)16-9-14(2,3)13(15)18/h5-8H,4,9H2,1-3H3,(H2,15,18)(H,16,17). The van der Waals surface area contributed by atoms with E-state index in [9.17, 15) is 4.79 Å². The SMILES string of the molecule is CCc1ccc(C(=O)NCC(C)(C)C(N)=S)cc1. The van der Waals surface area contributed by atoms with Gasteiger partial charge >= 0.3 is 0 Å². The van der Waals surface area contributed by atoms with Gasteiger partial charge in [-0.1, -0.05) is 45.1 Å². The summed E-state index contributed by atoms with van der Waals surface area (Å²) >= 11 is 4.96. The highest BCUT2D eigenvalue weighted by atomic mass is 32.1. The van der Waals surface area contributed by atoms with Gasteiger partial charge in [0.25, 0.3) is 5.91 Å². The van der Waals surface area contributed by atoms with Crippen LogP contribution in [-0.2, 0) is 6.42 Å². The van der Waals surface area contributed by atoms with Gasteiger partial charge in [-0.3, -0.25) is 4.79 Å². The first-order valence-corrected chi connectivity index (χ1v) is 6.44. The first-order chi connectivity index (χ1) is 8.36. The Morgan fingerprint density at radius 1 is 1.33 bits per heavy atom. The van der Waals surface area contributed by atoms with Gasteiger partial charge in [0.15, 0.2) is 0 Å². The van der Waals surface area contributed by atoms with Crippen molar-refractivity contribution in [2.24, 2.45) is 11.1 Å². The van der Waals surface area contributed by atoms with Gasteiger partial charge in [-0.05, 0) is 24.1 Å². The average molecular weight is 264 g/mol. The second kappa shape index (κ2) is 5.96. The summed E-state index contributed by atoms with van der Waals surface area (Å²) in [6.07, 6.45) is 0.969. The molecule has 3 N–H and O–H groups in total. The fraction of sp³-hybridized carbons (Fsp3) is 0.429. The monoisotopic (exact) mass is 264 g/mol. The van der Waals surface area contributed by atoms with Gasteiger partial charge in [0, 0.05) is 17.5 Å². The molecule has 1 amide bonds. The molecule has 1 aromatic carbocycles. The van der Waals surface area contributed by atoms with E-state index in [0.29, 0.717) is 17.1 Å². The van der Waals surface area contributed by atoms with Gasteiger partial charge in [-0.15, -0.1) is 0 Å². The highest BCUT2D eigenvalue weighted by molar-refractivity contribution is 7.80. The molecule has 0 unspecified atom stereocenters. The minimum atomic E-state index is -0.367. The number of hydrogen-bond donors (Lipinski definition) is 2. The lowest BCUT2D eigenvalue weighted by molar-refractivity contribution is 0.0945. The van der Waals surface area contributed by atoms with Crippen molar-refractivity contribution in [2.45, 2.75) is 27.2 Å². The highest BCUT2D eigenvalue weighted by Gasteiger charge is 2.22. The number of nitrogens with one attached hydrogen (secondary N) is 1. The first kappa shape index (κ1) is 14.6. The van der Waals surface area contributed by atoms with Crippen molar-refractivity contribution in [1.82, 2.24) is 5.32 Å². The zero-order valence-corrected chi connectivity index (χ0v) is 11.9. The van der Waals surface area contributed by atoms with E-state index in [1.165, 1.54) is 5.56 Å². The molecule has 0 heterocycles. The van der Waals surface area contributed by atoms with Crippen molar-refractivity contribution in [3.8, 4) is 0 Å². The maximum atomic E-state index is 11.9. The Labute approximate surface area is 114 Å². The number of rotatable bonds is 5. The summed E-state index contributed by atoms with van der Waals surface area (Å²) in [5.41, 5.74) is 7.12. The number of hydrogen-bond acceptors (Lipinski definition) is 2. The number of thiocarbonyl (C=S) groups is 1. The van der Waals surface area contributed by atoms with E-state index in [1.54, 1.807) is 0 Å². The lowest BCUT2D eigenvalue weighted by atomic mass is 9.93. The van der Waals surface area contributed by atoms with E-state index in [2.05, 4.69) is 12.2 Å². The van der Waals surface area contributed by atoms with Gasteiger partial charge in [-0.25, -0.2) is 0 Å². The summed E-state index contributed by atoms with van der Waals surface area (Å²) < 4.78 is 0. The molecule has 0 saturated heterocycles. The lowest BCUT2D eigenvalue weighted by Gasteiger charge is -2.23. The van der Waals surface area contributed by atoms with Crippen LogP contribution in [0.3, 0.4) is 0 Å². The van der Waals surface area contributed by atoms with Crippen LogP contribution in [0.15, 0.2) is 24.3 Å². The maximum Gasteiger partial charge on any atom is 0.251 e. The number of carbonyl (C=O) groups is 1. The Kier molecular flexibility index (Phi) is 4.84. The highest BCUT2D eigenvalue weighted by Crippen LogP contribution is 2.14. The van der Waals surface area contributed by atoms with Crippen LogP contribution in [0.4, 0.5) is 0 Å². The number of nitrogens with two attached hydrogens (primary N) is 1. The van der Waals surface area contributed by atoms with E-state index in [-0.39, 0.29) is 11.3 Å². The molecule has 0 spiro atoms. The van der Waals surface area contributed by atoms with Crippen LogP contribution in [0.1, 0.15) is 36.7 Å². The van der Waals surface area contributed by atoms with Crippen LogP contribution >= 0.6 is 12.2 Å². The minimum Gasteiger partial charge on any atom is -0.393 e. The molecular formula is C14H20N2OS. The number of benzene rings is 1. The Hall–Kier alpha value is -1.42. The van der Waals surface area contributed by atoms with Crippen LogP contribution in [0.25, 0.3) is 0 Å². The summed E-state index contributed by atoms with van der Waals surface area (Å²) in [6, 6.07) is 7.60. The molecule has 0 bridgehead atoms. The van der Waals surface area contributed by atoms with Gasteiger partial charge in [0.05, 0.1) is 4.99 Å². The zero-order valence-electron chi connectivity index (χ0n) is 11.1. The summed E-state index contributed by atoms with van der Waals surface area (Å²) in [5.74, 6) is -0.0954. The number of aryl methyl sites for hydroxylation is 1. The molecule has 3 nitrogen and oxygen atoms in total. The average Bonchev–Trinajstić information content (AvgIpc) is 2.36. The van der Waals surface area contributed by atoms with Crippen LogP contribution in [-0.4, -0.2) is 17.4 Å². The van der Waals surface area contributed by atoms with Crippen molar-refractivity contribution in [3.63, 3.8) is 0 Å². The fourth-order valence-electron chi connectivity index (χ4n) is 1.38. The molecule has 1 rings (SSSR count). The number of amides is 1. The van der Waals surface area contributed by atoms with Gasteiger partial charge in [0.1, 0.15) is 0 Å². The maximum absolute atomic E-state index is 11.9. The third kappa shape index (κ3) is 3.81. The molecule has 0 aliphatic rings. The molecule has 98 valence electrons. The molecule has 0 atom stereocenters. The van der Waals surface area contributed by atoms with Gasteiger partial charge in [0.2, 0.25) is 0 Å². The molecule has 0 aromatic heterocycles. The van der Waals surface area contributed by atoms with Crippen LogP contribution in [0.5, 0.6) is 0 Å². The third-order valence-electron chi connectivity index (χ3n) is 2.98. The Morgan fingerprint density at radius 2 is 1.89 bits per heavy atom. The molecule has 0 aliphatic carbocycles. The van der Waals surface area contributed by atoms with E-state index < -0.39 is 0 Å². The van der Waals surface area contributed by atoms with Crippen molar-refractivity contribution in [2.75, 3.05) is 6.54 Å². The summed E-state index contributed by atoms with van der Waals surface area (Å²) in [6.45, 7) is 6.35. The van der Waals surface area contributed by atoms with Crippen molar-refractivity contribution >= 4 is 23.1 Å². The molecule has 18 heavy (non-hydrogen) atoms. The summed E-state index contributed by atoms with van der Waals surface area (Å²) in [7, 11) is 0. The summed E-state index contributed by atoms with van der Waals surface area (Å²) in [4.78, 5) is 12.3.